The summed E-state index contributed by atoms with van der Waals surface area (Å²) in [6.45, 7) is 10.8. The molecule has 2 aromatic carbocycles. The second-order valence-electron chi connectivity index (χ2n) is 6.93. The Morgan fingerprint density at radius 2 is 2.03 bits per heavy atom. The molecule has 0 fully saturated rings. The fraction of sp³-hybridized carbons (Fsp3) is 0.217. The highest BCUT2D eigenvalue weighted by atomic mass is 19.1. The fourth-order valence-electron chi connectivity index (χ4n) is 3.32. The maximum atomic E-state index is 14.3. The van der Waals surface area contributed by atoms with Crippen LogP contribution in [0.2, 0.25) is 0 Å². The molecule has 2 N–H and O–H groups in total. The van der Waals surface area contributed by atoms with Crippen LogP contribution < -0.4 is 10.6 Å². The Morgan fingerprint density at radius 1 is 1.28 bits per heavy atom. The zero-order valence-corrected chi connectivity index (χ0v) is 16.4. The van der Waals surface area contributed by atoms with Gasteiger partial charge in [0.15, 0.2) is 6.29 Å². The van der Waals surface area contributed by atoms with Crippen LogP contribution in [0.1, 0.15) is 40.4 Å². The second kappa shape index (κ2) is 8.73. The number of aldehydes is 1. The van der Waals surface area contributed by atoms with Gasteiger partial charge in [-0.1, -0.05) is 44.3 Å². The molecule has 0 aromatic heterocycles. The smallest absolute Gasteiger partial charge is 0.243 e. The number of rotatable bonds is 8. The lowest BCUT2D eigenvalue weighted by molar-refractivity contribution is -0.120. The Hall–Kier alpha value is -3.41. The van der Waals surface area contributed by atoms with Crippen molar-refractivity contribution in [1.29, 1.82) is 0 Å². The summed E-state index contributed by atoms with van der Waals surface area (Å²) in [7, 11) is 0. The molecule has 2 aromatic rings. The number of nitrogens with one attached hydrogen (secondary N) is 2. The van der Waals surface area contributed by atoms with Crippen LogP contribution in [0, 0.1) is 5.82 Å². The largest absolute Gasteiger partial charge is 0.381 e. The van der Waals surface area contributed by atoms with E-state index in [2.05, 4.69) is 23.8 Å². The van der Waals surface area contributed by atoms with E-state index in [-0.39, 0.29) is 24.6 Å². The van der Waals surface area contributed by atoms with Gasteiger partial charge >= 0.3 is 0 Å². The first kappa shape index (κ1) is 20.3. The highest BCUT2D eigenvalue weighted by molar-refractivity contribution is 5.83. The number of halogens is 1. The van der Waals surface area contributed by atoms with Crippen molar-refractivity contribution in [3.05, 3.63) is 83.3 Å². The average Bonchev–Trinajstić information content (AvgIpc) is 3.03. The van der Waals surface area contributed by atoms with Gasteiger partial charge < -0.3 is 15.5 Å². The molecule has 0 radical (unpaired) electrons. The van der Waals surface area contributed by atoms with Crippen LogP contribution in [0.3, 0.4) is 0 Å². The van der Waals surface area contributed by atoms with Gasteiger partial charge in [-0.2, -0.15) is 0 Å². The highest BCUT2D eigenvalue weighted by Gasteiger charge is 2.26. The number of nitrogens with zero attached hydrogens (tertiary/aromatic N) is 1. The molecule has 0 saturated heterocycles. The Bertz CT molecular complexity index is 984. The molecule has 1 amide bonds. The van der Waals surface area contributed by atoms with Crippen molar-refractivity contribution in [1.82, 2.24) is 10.2 Å². The molecule has 0 bridgehead atoms. The maximum absolute atomic E-state index is 14.3. The van der Waals surface area contributed by atoms with E-state index in [4.69, 9.17) is 0 Å². The number of carbonyl (C=O) groups is 2. The predicted molar refractivity (Wildman–Crippen MR) is 113 cm³/mol. The minimum atomic E-state index is -0.513. The lowest BCUT2D eigenvalue weighted by Crippen LogP contribution is -2.33. The van der Waals surface area contributed by atoms with Gasteiger partial charge in [-0.15, -0.1) is 0 Å². The first-order chi connectivity index (χ1) is 13.9. The Morgan fingerprint density at radius 3 is 2.76 bits per heavy atom. The van der Waals surface area contributed by atoms with E-state index < -0.39 is 5.82 Å². The number of hydrogen-bond donors (Lipinski definition) is 2. The molecular formula is C23H24FN3O2. The van der Waals surface area contributed by atoms with Crippen molar-refractivity contribution in [3.8, 4) is 0 Å². The van der Waals surface area contributed by atoms with Gasteiger partial charge in [-0.3, -0.25) is 9.59 Å². The summed E-state index contributed by atoms with van der Waals surface area (Å²) < 4.78 is 14.3. The molecule has 1 aliphatic heterocycles. The number of hydrogen-bond acceptors (Lipinski definition) is 4. The summed E-state index contributed by atoms with van der Waals surface area (Å²) in [6, 6.07) is 10.5. The van der Waals surface area contributed by atoms with Gasteiger partial charge in [0.25, 0.3) is 0 Å². The van der Waals surface area contributed by atoms with Crippen LogP contribution in [0.15, 0.2) is 55.3 Å². The van der Waals surface area contributed by atoms with Crippen LogP contribution in [0.5, 0.6) is 0 Å². The highest BCUT2D eigenvalue weighted by Crippen LogP contribution is 2.36. The standard InChI is InChI=1S/C23H24FN3O2/c1-4-15(2)26-22(29)13-27-12-20-19(16(27)3)9-6-10-21(20)25-11-17-7-5-8-18(14-28)23(17)24/h5-10,14,25H,2-4,11-13H2,1H3,(H,26,29). The monoisotopic (exact) mass is 393 g/mol. The molecule has 3 rings (SSSR count). The SMILES string of the molecule is C=C(CC)NC(=O)CN1Cc2c(NCc3cccc(C=O)c3F)cccc2C1=C. The third kappa shape index (κ3) is 4.37. The third-order valence-electron chi connectivity index (χ3n) is 5.00. The number of benzene rings is 2. The number of amides is 1. The van der Waals surface area contributed by atoms with Crippen molar-refractivity contribution in [2.24, 2.45) is 0 Å². The van der Waals surface area contributed by atoms with E-state index >= 15 is 0 Å². The Kier molecular flexibility index (Phi) is 6.12. The lowest BCUT2D eigenvalue weighted by Gasteiger charge is -2.19. The third-order valence-corrected chi connectivity index (χ3v) is 5.00. The minimum absolute atomic E-state index is 0.0434. The maximum Gasteiger partial charge on any atom is 0.243 e. The zero-order chi connectivity index (χ0) is 21.0. The number of carbonyl (C=O) groups excluding carboxylic acids is 2. The van der Waals surface area contributed by atoms with Crippen LogP contribution in [0.4, 0.5) is 10.1 Å². The predicted octanol–water partition coefficient (Wildman–Crippen LogP) is 4.08. The fourth-order valence-corrected chi connectivity index (χ4v) is 3.32. The molecule has 150 valence electrons. The number of fused-ring (bicyclic) bond motifs is 1. The molecule has 1 heterocycles. The molecule has 0 aliphatic carbocycles. The van der Waals surface area contributed by atoms with Crippen LogP contribution >= 0.6 is 0 Å². The van der Waals surface area contributed by atoms with Crippen molar-refractivity contribution in [2.75, 3.05) is 11.9 Å². The molecule has 6 heteroatoms. The molecular weight excluding hydrogens is 369 g/mol. The van der Waals surface area contributed by atoms with Gasteiger partial charge in [0.05, 0.1) is 12.1 Å². The van der Waals surface area contributed by atoms with E-state index in [0.717, 1.165) is 22.5 Å². The number of anilines is 1. The molecule has 29 heavy (non-hydrogen) atoms. The van der Waals surface area contributed by atoms with Crippen molar-refractivity contribution in [2.45, 2.75) is 26.4 Å². The number of allylic oxidation sites excluding steroid dienone is 1. The minimum Gasteiger partial charge on any atom is -0.381 e. The quantitative estimate of drug-likeness (QED) is 0.664. The molecule has 5 nitrogen and oxygen atoms in total. The van der Waals surface area contributed by atoms with E-state index in [1.807, 2.05) is 30.0 Å². The van der Waals surface area contributed by atoms with Gasteiger partial charge in [0, 0.05) is 46.9 Å². The van der Waals surface area contributed by atoms with Crippen LogP contribution in [-0.4, -0.2) is 23.6 Å². The summed E-state index contributed by atoms with van der Waals surface area (Å²) in [5.41, 5.74) is 4.72. The van der Waals surface area contributed by atoms with E-state index in [9.17, 15) is 14.0 Å². The molecule has 0 spiro atoms. The molecule has 1 aliphatic rings. The van der Waals surface area contributed by atoms with Crippen molar-refractivity contribution in [3.63, 3.8) is 0 Å². The van der Waals surface area contributed by atoms with E-state index in [1.165, 1.54) is 6.07 Å². The summed E-state index contributed by atoms with van der Waals surface area (Å²) in [4.78, 5) is 25.1. The Labute approximate surface area is 169 Å². The van der Waals surface area contributed by atoms with Gasteiger partial charge in [-0.05, 0) is 18.6 Å². The van der Waals surface area contributed by atoms with Gasteiger partial charge in [0.1, 0.15) is 5.82 Å². The summed E-state index contributed by atoms with van der Waals surface area (Å²) in [5, 5.41) is 6.03. The summed E-state index contributed by atoms with van der Waals surface area (Å²) in [5.74, 6) is -0.644. The van der Waals surface area contributed by atoms with Crippen molar-refractivity contribution >= 4 is 23.6 Å². The first-order valence-corrected chi connectivity index (χ1v) is 9.44. The Balaban J connectivity index is 1.73. The molecule has 0 unspecified atom stereocenters. The van der Waals surface area contributed by atoms with E-state index in [1.54, 1.807) is 12.1 Å². The van der Waals surface area contributed by atoms with Crippen molar-refractivity contribution < 1.29 is 14.0 Å². The van der Waals surface area contributed by atoms with E-state index in [0.29, 0.717) is 30.5 Å². The van der Waals surface area contributed by atoms with Gasteiger partial charge in [-0.25, -0.2) is 4.39 Å². The topological polar surface area (TPSA) is 61.4 Å². The van der Waals surface area contributed by atoms with Crippen LogP contribution in [-0.2, 0) is 17.9 Å². The normalized spacial score (nSPS) is 12.5. The first-order valence-electron chi connectivity index (χ1n) is 9.44. The molecule has 0 atom stereocenters. The summed E-state index contributed by atoms with van der Waals surface area (Å²) in [6.07, 6.45) is 1.20. The summed E-state index contributed by atoms with van der Waals surface area (Å²) >= 11 is 0. The molecule has 0 saturated carbocycles. The lowest BCUT2D eigenvalue weighted by atomic mass is 10.1. The van der Waals surface area contributed by atoms with Gasteiger partial charge in [0.2, 0.25) is 5.91 Å². The zero-order valence-electron chi connectivity index (χ0n) is 16.4. The second-order valence-corrected chi connectivity index (χ2v) is 6.93. The average molecular weight is 393 g/mol. The van der Waals surface area contributed by atoms with Crippen LogP contribution in [0.25, 0.3) is 5.70 Å².